The molecule has 1 aromatic carbocycles. The lowest BCUT2D eigenvalue weighted by Gasteiger charge is -2.35. The number of hydrogen-bond acceptors (Lipinski definition) is 3. The Kier molecular flexibility index (Phi) is 6.70. The largest absolute Gasteiger partial charge is 0.393 e. The third kappa shape index (κ3) is 5.58. The molecule has 1 saturated heterocycles. The van der Waals surface area contributed by atoms with Gasteiger partial charge in [-0.15, -0.1) is 0 Å². The Balaban J connectivity index is 1.30. The lowest BCUT2D eigenvalue weighted by Crippen LogP contribution is -2.39. The average molecular weight is 331 g/mol. The topological polar surface area (TPSA) is 35.5 Å². The molecular formula is C21H34N2O. The Morgan fingerprint density at radius 1 is 0.958 bits per heavy atom. The van der Waals surface area contributed by atoms with Crippen molar-refractivity contribution in [1.29, 1.82) is 0 Å². The van der Waals surface area contributed by atoms with Crippen LogP contribution in [0.4, 0.5) is 0 Å². The number of nitrogens with one attached hydrogen (secondary N) is 1. The summed E-state index contributed by atoms with van der Waals surface area (Å²) in [5.41, 5.74) is 2.72. The standard InChI is InChI=1S/C21H34N2O/c1-17-2-4-18(5-3-17)14-22-15-19-6-8-20(9-7-19)16-23-12-10-21(24)11-13-23/h2-5,19-22,24H,6-16H2,1H3. The van der Waals surface area contributed by atoms with E-state index in [1.54, 1.807) is 0 Å². The highest BCUT2D eigenvalue weighted by atomic mass is 16.3. The van der Waals surface area contributed by atoms with Gasteiger partial charge in [-0.2, -0.15) is 0 Å². The molecule has 134 valence electrons. The number of nitrogens with zero attached hydrogens (tertiary/aromatic N) is 1. The first-order chi connectivity index (χ1) is 11.7. The minimum Gasteiger partial charge on any atom is -0.393 e. The van der Waals surface area contributed by atoms with E-state index in [0.717, 1.165) is 50.9 Å². The van der Waals surface area contributed by atoms with Crippen molar-refractivity contribution >= 4 is 0 Å². The van der Waals surface area contributed by atoms with E-state index in [1.165, 1.54) is 43.4 Å². The van der Waals surface area contributed by atoms with Crippen molar-refractivity contribution in [3.63, 3.8) is 0 Å². The van der Waals surface area contributed by atoms with Crippen LogP contribution >= 0.6 is 0 Å². The Bertz CT molecular complexity index is 471. The monoisotopic (exact) mass is 330 g/mol. The van der Waals surface area contributed by atoms with Crippen LogP contribution in [0.15, 0.2) is 24.3 Å². The van der Waals surface area contributed by atoms with E-state index in [4.69, 9.17) is 0 Å². The fourth-order valence-electron chi connectivity index (χ4n) is 4.21. The SMILES string of the molecule is Cc1ccc(CNCC2CCC(CN3CCC(O)CC3)CC2)cc1. The fourth-order valence-corrected chi connectivity index (χ4v) is 4.21. The molecule has 0 radical (unpaired) electrons. The highest BCUT2D eigenvalue weighted by Gasteiger charge is 2.24. The molecule has 3 heteroatoms. The molecule has 2 N–H and O–H groups in total. The van der Waals surface area contributed by atoms with Gasteiger partial charge in [0, 0.05) is 26.2 Å². The van der Waals surface area contributed by atoms with Crippen LogP contribution in [-0.2, 0) is 6.54 Å². The third-order valence-electron chi connectivity index (χ3n) is 5.92. The van der Waals surface area contributed by atoms with Crippen LogP contribution in [0.5, 0.6) is 0 Å². The van der Waals surface area contributed by atoms with E-state index < -0.39 is 0 Å². The van der Waals surface area contributed by atoms with E-state index in [2.05, 4.69) is 41.4 Å². The Labute approximate surface area is 147 Å². The Hall–Kier alpha value is -0.900. The summed E-state index contributed by atoms with van der Waals surface area (Å²) in [4.78, 5) is 2.58. The molecule has 3 nitrogen and oxygen atoms in total. The normalized spacial score (nSPS) is 26.6. The first-order valence-corrected chi connectivity index (χ1v) is 9.85. The molecule has 0 bridgehead atoms. The van der Waals surface area contributed by atoms with Gasteiger partial charge in [-0.1, -0.05) is 29.8 Å². The van der Waals surface area contributed by atoms with E-state index >= 15 is 0 Å². The minimum atomic E-state index is -0.0448. The zero-order valence-electron chi connectivity index (χ0n) is 15.2. The molecule has 2 aliphatic rings. The van der Waals surface area contributed by atoms with E-state index in [9.17, 15) is 5.11 Å². The summed E-state index contributed by atoms with van der Waals surface area (Å²) in [5, 5.41) is 13.3. The summed E-state index contributed by atoms with van der Waals surface area (Å²) in [6.07, 6.45) is 7.42. The van der Waals surface area contributed by atoms with Gasteiger partial charge in [0.25, 0.3) is 0 Å². The molecule has 1 aromatic rings. The summed E-state index contributed by atoms with van der Waals surface area (Å²) in [6.45, 7) is 7.75. The van der Waals surface area contributed by atoms with Crippen molar-refractivity contribution in [3.05, 3.63) is 35.4 Å². The van der Waals surface area contributed by atoms with Crippen molar-refractivity contribution in [2.75, 3.05) is 26.2 Å². The molecule has 1 heterocycles. The van der Waals surface area contributed by atoms with Gasteiger partial charge in [-0.05, 0) is 69.4 Å². The van der Waals surface area contributed by atoms with Crippen LogP contribution in [0.1, 0.15) is 49.7 Å². The summed E-state index contributed by atoms with van der Waals surface area (Å²) in [6, 6.07) is 8.85. The lowest BCUT2D eigenvalue weighted by atomic mass is 9.81. The number of hydrogen-bond donors (Lipinski definition) is 2. The average Bonchev–Trinajstić information content (AvgIpc) is 2.60. The quantitative estimate of drug-likeness (QED) is 0.840. The summed E-state index contributed by atoms with van der Waals surface area (Å²) in [7, 11) is 0. The van der Waals surface area contributed by atoms with Crippen molar-refractivity contribution in [2.45, 2.75) is 58.1 Å². The maximum atomic E-state index is 9.61. The van der Waals surface area contributed by atoms with Gasteiger partial charge in [0.1, 0.15) is 0 Å². The molecule has 1 saturated carbocycles. The van der Waals surface area contributed by atoms with Crippen LogP contribution in [0.25, 0.3) is 0 Å². The third-order valence-corrected chi connectivity index (χ3v) is 5.92. The minimum absolute atomic E-state index is 0.0448. The second-order valence-electron chi connectivity index (χ2n) is 8.04. The van der Waals surface area contributed by atoms with E-state index in [-0.39, 0.29) is 6.10 Å². The smallest absolute Gasteiger partial charge is 0.0564 e. The second kappa shape index (κ2) is 8.98. The van der Waals surface area contributed by atoms with Crippen LogP contribution in [0.2, 0.25) is 0 Å². The van der Waals surface area contributed by atoms with E-state index in [0.29, 0.717) is 0 Å². The fraction of sp³-hybridized carbons (Fsp3) is 0.714. The first-order valence-electron chi connectivity index (χ1n) is 9.85. The molecule has 1 aliphatic carbocycles. The molecule has 0 aromatic heterocycles. The Morgan fingerprint density at radius 3 is 2.25 bits per heavy atom. The number of piperidine rings is 1. The summed E-state index contributed by atoms with van der Waals surface area (Å²) < 4.78 is 0. The summed E-state index contributed by atoms with van der Waals surface area (Å²) in [5.74, 6) is 1.74. The molecule has 24 heavy (non-hydrogen) atoms. The van der Waals surface area contributed by atoms with Crippen LogP contribution < -0.4 is 5.32 Å². The second-order valence-corrected chi connectivity index (χ2v) is 8.04. The van der Waals surface area contributed by atoms with Crippen molar-refractivity contribution in [2.24, 2.45) is 11.8 Å². The van der Waals surface area contributed by atoms with Crippen LogP contribution in [0, 0.1) is 18.8 Å². The number of rotatable bonds is 6. The molecule has 3 rings (SSSR count). The maximum absolute atomic E-state index is 9.61. The number of aryl methyl sites for hydroxylation is 1. The van der Waals surface area contributed by atoms with Crippen molar-refractivity contribution < 1.29 is 5.11 Å². The van der Waals surface area contributed by atoms with Gasteiger partial charge in [0.05, 0.1) is 6.10 Å². The highest BCUT2D eigenvalue weighted by Crippen LogP contribution is 2.29. The van der Waals surface area contributed by atoms with Gasteiger partial charge in [0.2, 0.25) is 0 Å². The molecule has 0 spiro atoms. The number of aliphatic hydroxyl groups is 1. The van der Waals surface area contributed by atoms with E-state index in [1.807, 2.05) is 0 Å². The predicted molar refractivity (Wildman–Crippen MR) is 100 cm³/mol. The van der Waals surface area contributed by atoms with Gasteiger partial charge < -0.3 is 15.3 Å². The molecule has 1 aliphatic heterocycles. The molecule has 0 unspecified atom stereocenters. The number of benzene rings is 1. The Morgan fingerprint density at radius 2 is 1.58 bits per heavy atom. The molecular weight excluding hydrogens is 296 g/mol. The molecule has 0 atom stereocenters. The molecule has 0 amide bonds. The predicted octanol–water partition coefficient (Wildman–Crippen LogP) is 3.35. The van der Waals surface area contributed by atoms with Gasteiger partial charge in [0.15, 0.2) is 0 Å². The van der Waals surface area contributed by atoms with Crippen LogP contribution in [-0.4, -0.2) is 42.3 Å². The zero-order chi connectivity index (χ0) is 16.8. The number of aliphatic hydroxyl groups excluding tert-OH is 1. The van der Waals surface area contributed by atoms with Crippen molar-refractivity contribution in [3.8, 4) is 0 Å². The van der Waals surface area contributed by atoms with Crippen molar-refractivity contribution in [1.82, 2.24) is 10.2 Å². The number of likely N-dealkylation sites (tertiary alicyclic amines) is 1. The zero-order valence-corrected chi connectivity index (χ0v) is 15.2. The van der Waals surface area contributed by atoms with Gasteiger partial charge in [-0.25, -0.2) is 0 Å². The highest BCUT2D eigenvalue weighted by molar-refractivity contribution is 5.21. The summed E-state index contributed by atoms with van der Waals surface area (Å²) >= 11 is 0. The van der Waals surface area contributed by atoms with Gasteiger partial charge >= 0.3 is 0 Å². The lowest BCUT2D eigenvalue weighted by molar-refractivity contribution is 0.0687. The van der Waals surface area contributed by atoms with Gasteiger partial charge in [-0.3, -0.25) is 0 Å². The maximum Gasteiger partial charge on any atom is 0.0564 e. The molecule has 2 fully saturated rings. The van der Waals surface area contributed by atoms with Crippen LogP contribution in [0.3, 0.4) is 0 Å². The first kappa shape index (κ1) is 17.9.